The van der Waals surface area contributed by atoms with Gasteiger partial charge in [0, 0.05) is 33.1 Å². The molecule has 0 saturated carbocycles. The molecule has 9 aromatic carbocycles. The molecule has 2 nitrogen and oxygen atoms in total. The van der Waals surface area contributed by atoms with Crippen LogP contribution in [0.3, 0.4) is 0 Å². The van der Waals surface area contributed by atoms with Gasteiger partial charge in [0.25, 0.3) is 0 Å². The molecule has 0 N–H and O–H groups in total. The van der Waals surface area contributed by atoms with Crippen molar-refractivity contribution in [2.24, 2.45) is 0 Å². The van der Waals surface area contributed by atoms with Crippen LogP contribution in [0.5, 0.6) is 0 Å². The first-order valence-corrected chi connectivity index (χ1v) is 21.0. The Balaban J connectivity index is 1.11. The van der Waals surface area contributed by atoms with E-state index in [1.165, 1.54) is 83.3 Å². The summed E-state index contributed by atoms with van der Waals surface area (Å²) in [5, 5.41) is 2.34. The summed E-state index contributed by atoms with van der Waals surface area (Å²) >= 11 is 0. The van der Waals surface area contributed by atoms with Crippen LogP contribution in [-0.4, -0.2) is 0 Å². The van der Waals surface area contributed by atoms with E-state index < -0.39 is 5.41 Å². The zero-order valence-corrected chi connectivity index (χ0v) is 33.4. The van der Waals surface area contributed by atoms with E-state index in [0.717, 1.165) is 33.6 Å². The maximum atomic E-state index is 6.54. The molecule has 0 radical (unpaired) electrons. The predicted molar refractivity (Wildman–Crippen MR) is 248 cm³/mol. The summed E-state index contributed by atoms with van der Waals surface area (Å²) in [6.45, 7) is 4.74. The highest BCUT2D eigenvalue weighted by Crippen LogP contribution is 2.65. The van der Waals surface area contributed by atoms with Crippen molar-refractivity contribution in [2.45, 2.75) is 24.7 Å². The molecule has 1 heterocycles. The first-order valence-electron chi connectivity index (χ1n) is 21.0. The number of rotatable bonds is 4. The third-order valence-corrected chi connectivity index (χ3v) is 13.9. The second-order valence-electron chi connectivity index (χ2n) is 17.1. The molecule has 0 aliphatic heterocycles. The lowest BCUT2D eigenvalue weighted by atomic mass is 9.70. The van der Waals surface area contributed by atoms with Gasteiger partial charge >= 0.3 is 0 Å². The maximum Gasteiger partial charge on any atom is 0.136 e. The van der Waals surface area contributed by atoms with Crippen molar-refractivity contribution in [1.29, 1.82) is 0 Å². The molecular formula is C58H39NO. The fraction of sp³-hybridized carbons (Fsp3) is 0.0690. The van der Waals surface area contributed by atoms with Gasteiger partial charge < -0.3 is 9.32 Å². The number of nitrogens with zero attached hydrogens (tertiary/aromatic N) is 1. The average Bonchev–Trinajstić information content (AvgIpc) is 3.99. The first-order chi connectivity index (χ1) is 29.5. The molecule has 13 rings (SSSR count). The fourth-order valence-electron chi connectivity index (χ4n) is 11.4. The van der Waals surface area contributed by atoms with Crippen molar-refractivity contribution in [3.8, 4) is 44.5 Å². The summed E-state index contributed by atoms with van der Waals surface area (Å²) < 4.78 is 6.54. The quantitative estimate of drug-likeness (QED) is 0.177. The van der Waals surface area contributed by atoms with E-state index in [1.54, 1.807) is 0 Å². The van der Waals surface area contributed by atoms with Crippen molar-refractivity contribution in [3.63, 3.8) is 0 Å². The van der Waals surface area contributed by atoms with Gasteiger partial charge in [-0.1, -0.05) is 172 Å². The minimum Gasteiger partial charge on any atom is -0.456 e. The van der Waals surface area contributed by atoms with Crippen LogP contribution in [0.25, 0.3) is 66.4 Å². The van der Waals surface area contributed by atoms with Crippen LogP contribution in [0.2, 0.25) is 0 Å². The average molecular weight is 766 g/mol. The molecule has 1 unspecified atom stereocenters. The van der Waals surface area contributed by atoms with Crippen LogP contribution in [0.4, 0.5) is 17.1 Å². The summed E-state index contributed by atoms with van der Waals surface area (Å²) in [5.74, 6) is 0. The zero-order valence-electron chi connectivity index (χ0n) is 33.4. The third kappa shape index (κ3) is 4.27. The Labute approximate surface area is 349 Å². The lowest BCUT2D eigenvalue weighted by Crippen LogP contribution is -2.26. The molecule has 0 fully saturated rings. The van der Waals surface area contributed by atoms with E-state index >= 15 is 0 Å². The number of para-hydroxylation sites is 2. The molecule has 282 valence electrons. The molecule has 60 heavy (non-hydrogen) atoms. The summed E-state index contributed by atoms with van der Waals surface area (Å²) in [6.07, 6.45) is 0. The van der Waals surface area contributed by atoms with Gasteiger partial charge in [-0.15, -0.1) is 0 Å². The van der Waals surface area contributed by atoms with Gasteiger partial charge in [0.2, 0.25) is 0 Å². The molecular weight excluding hydrogens is 727 g/mol. The number of fused-ring (bicyclic) bond motifs is 17. The highest BCUT2D eigenvalue weighted by molar-refractivity contribution is 6.16. The molecule has 1 spiro atoms. The Hall–Kier alpha value is -7.42. The second-order valence-corrected chi connectivity index (χ2v) is 17.1. The first kappa shape index (κ1) is 33.5. The van der Waals surface area contributed by atoms with Crippen LogP contribution < -0.4 is 4.90 Å². The highest BCUT2D eigenvalue weighted by Gasteiger charge is 2.52. The van der Waals surface area contributed by atoms with Crippen LogP contribution in [-0.2, 0) is 10.8 Å². The summed E-state index contributed by atoms with van der Waals surface area (Å²) in [7, 11) is 0. The maximum absolute atomic E-state index is 6.54. The minimum absolute atomic E-state index is 0.143. The Bertz CT molecular complexity index is 3420. The lowest BCUT2D eigenvalue weighted by Gasteiger charge is -2.33. The van der Waals surface area contributed by atoms with Crippen molar-refractivity contribution < 1.29 is 4.42 Å². The molecule has 0 bridgehead atoms. The lowest BCUT2D eigenvalue weighted by molar-refractivity contribution is 0.660. The molecule has 3 aliphatic carbocycles. The largest absolute Gasteiger partial charge is 0.456 e. The normalized spacial score (nSPS) is 16.0. The van der Waals surface area contributed by atoms with Gasteiger partial charge in [-0.2, -0.15) is 0 Å². The summed E-state index contributed by atoms with van der Waals surface area (Å²) in [5.41, 5.74) is 22.7. The molecule has 2 heteroatoms. The second kappa shape index (κ2) is 12.1. The van der Waals surface area contributed by atoms with E-state index in [2.05, 4.69) is 219 Å². The summed E-state index contributed by atoms with van der Waals surface area (Å²) in [6, 6.07) is 74.2. The number of anilines is 3. The minimum atomic E-state index is -0.535. The van der Waals surface area contributed by atoms with Gasteiger partial charge in [0.1, 0.15) is 11.2 Å². The number of benzene rings is 9. The SMILES string of the molecule is CC1(C)c2ccccc2-c2ccc(N(c3ccc4c(c3)C3(c5ccccc5-4)c4ccccc4-c4c3ccc3oc5ccccc5c43)c3ccccc3-c3ccccc3)cc21. The van der Waals surface area contributed by atoms with E-state index in [9.17, 15) is 0 Å². The van der Waals surface area contributed by atoms with Crippen LogP contribution in [0.1, 0.15) is 47.2 Å². The van der Waals surface area contributed by atoms with E-state index in [1.807, 2.05) is 0 Å². The van der Waals surface area contributed by atoms with Gasteiger partial charge in [-0.3, -0.25) is 0 Å². The molecule has 3 aliphatic rings. The van der Waals surface area contributed by atoms with E-state index in [0.29, 0.717) is 0 Å². The topological polar surface area (TPSA) is 16.4 Å². The Morgan fingerprint density at radius 2 is 0.933 bits per heavy atom. The molecule has 1 aromatic heterocycles. The number of hydrogen-bond donors (Lipinski definition) is 0. The molecule has 10 aromatic rings. The third-order valence-electron chi connectivity index (χ3n) is 13.9. The Morgan fingerprint density at radius 3 is 1.70 bits per heavy atom. The standard InChI is InChI=1S/C58H39NO/c1-57(2)46-23-11-6-19-40(46)42-30-28-37(34-50(42)57)59(52-26-14-9-18-39(52)36-16-4-3-5-17-36)38-29-31-43-41-20-7-12-24-47(41)58(51(43)35-38)48-25-13-8-21-44(48)55-49(58)32-33-54-56(55)45-22-10-15-27-53(45)60-54/h3-35H,1-2H3. The van der Waals surface area contributed by atoms with Gasteiger partial charge in [-0.25, -0.2) is 0 Å². The zero-order chi connectivity index (χ0) is 39.7. The predicted octanol–water partition coefficient (Wildman–Crippen LogP) is 15.4. The van der Waals surface area contributed by atoms with E-state index in [4.69, 9.17) is 4.42 Å². The van der Waals surface area contributed by atoms with Gasteiger partial charge in [0.15, 0.2) is 0 Å². The fourth-order valence-corrected chi connectivity index (χ4v) is 11.4. The Morgan fingerprint density at radius 1 is 0.383 bits per heavy atom. The van der Waals surface area contributed by atoms with Crippen molar-refractivity contribution in [2.75, 3.05) is 4.90 Å². The Kier molecular flexibility index (Phi) is 6.74. The van der Waals surface area contributed by atoms with Gasteiger partial charge in [-0.05, 0) is 115 Å². The number of furan rings is 1. The van der Waals surface area contributed by atoms with Crippen LogP contribution in [0, 0.1) is 0 Å². The van der Waals surface area contributed by atoms with Crippen molar-refractivity contribution in [1.82, 2.24) is 0 Å². The molecule has 1 atom stereocenters. The van der Waals surface area contributed by atoms with Crippen LogP contribution >= 0.6 is 0 Å². The smallest absolute Gasteiger partial charge is 0.136 e. The van der Waals surface area contributed by atoms with Crippen LogP contribution in [0.15, 0.2) is 205 Å². The number of hydrogen-bond acceptors (Lipinski definition) is 2. The summed E-state index contributed by atoms with van der Waals surface area (Å²) in [4.78, 5) is 2.51. The van der Waals surface area contributed by atoms with Crippen molar-refractivity contribution >= 4 is 39.0 Å². The highest BCUT2D eigenvalue weighted by atomic mass is 16.3. The monoisotopic (exact) mass is 765 g/mol. The molecule has 0 amide bonds. The van der Waals surface area contributed by atoms with Crippen molar-refractivity contribution in [3.05, 3.63) is 234 Å². The van der Waals surface area contributed by atoms with E-state index in [-0.39, 0.29) is 5.41 Å². The van der Waals surface area contributed by atoms with Gasteiger partial charge in [0.05, 0.1) is 11.1 Å². The molecule has 0 saturated heterocycles.